The van der Waals surface area contributed by atoms with Gasteiger partial charge in [-0.1, -0.05) is 17.7 Å². The minimum Gasteiger partial charge on any atom is -0.375 e. The highest BCUT2D eigenvalue weighted by Crippen LogP contribution is 2.13. The number of hydrogen-bond acceptors (Lipinski definition) is 4. The maximum atomic E-state index is 12.6. The number of aromatic nitrogens is 2. The molecule has 0 radical (unpaired) electrons. The van der Waals surface area contributed by atoms with Crippen LogP contribution in [0.15, 0.2) is 40.4 Å². The molecule has 0 aliphatic rings. The van der Waals surface area contributed by atoms with E-state index >= 15 is 0 Å². The summed E-state index contributed by atoms with van der Waals surface area (Å²) in [7, 11) is 0. The van der Waals surface area contributed by atoms with Crippen LogP contribution in [-0.4, -0.2) is 20.4 Å². The quantitative estimate of drug-likeness (QED) is 0.447. The summed E-state index contributed by atoms with van der Waals surface area (Å²) in [4.78, 5) is 15.5. The Morgan fingerprint density at radius 2 is 2.23 bits per heavy atom. The van der Waals surface area contributed by atoms with Gasteiger partial charge >= 0.3 is 0 Å². The highest BCUT2D eigenvalue weighted by molar-refractivity contribution is 7.80. The van der Waals surface area contributed by atoms with Gasteiger partial charge in [-0.25, -0.2) is 0 Å². The zero-order valence-corrected chi connectivity index (χ0v) is 13.9. The van der Waals surface area contributed by atoms with Crippen LogP contribution in [0.5, 0.6) is 0 Å². The highest BCUT2D eigenvalue weighted by Gasteiger charge is 2.10. The van der Waals surface area contributed by atoms with Gasteiger partial charge in [-0.15, -0.1) is 0 Å². The first-order chi connectivity index (χ1) is 10.4. The second kappa shape index (κ2) is 6.82. The molecule has 0 amide bonds. The first kappa shape index (κ1) is 16.3. The van der Waals surface area contributed by atoms with Gasteiger partial charge in [-0.3, -0.25) is 14.8 Å². The van der Waals surface area contributed by atoms with Crippen molar-refractivity contribution in [1.29, 1.82) is 0 Å². The Labute approximate surface area is 141 Å². The molecule has 2 rings (SSSR count). The number of nitrogens with zero attached hydrogens (tertiary/aromatic N) is 2. The fourth-order valence-electron chi connectivity index (χ4n) is 1.78. The molecule has 9 heteroatoms. The van der Waals surface area contributed by atoms with E-state index in [1.165, 1.54) is 10.8 Å². The van der Waals surface area contributed by atoms with Gasteiger partial charge in [0.05, 0.1) is 17.0 Å². The molecule has 0 fully saturated rings. The zero-order chi connectivity index (χ0) is 16.3. The van der Waals surface area contributed by atoms with Gasteiger partial charge in [-0.2, -0.15) is 5.10 Å². The molecule has 1 aromatic carbocycles. The molecule has 114 valence electrons. The number of benzene rings is 1. The molecule has 0 atom stereocenters. The Bertz CT molecular complexity index is 871. The van der Waals surface area contributed by atoms with Crippen molar-refractivity contribution in [3.63, 3.8) is 0 Å². The van der Waals surface area contributed by atoms with E-state index < -0.39 is 0 Å². The second-order valence-electron chi connectivity index (χ2n) is 4.30. The van der Waals surface area contributed by atoms with E-state index in [0.29, 0.717) is 22.0 Å². The molecule has 1 aromatic heterocycles. The summed E-state index contributed by atoms with van der Waals surface area (Å²) < 4.78 is 1.60. The Morgan fingerprint density at radius 1 is 1.50 bits per heavy atom. The van der Waals surface area contributed by atoms with Crippen LogP contribution >= 0.6 is 36.0 Å². The van der Waals surface area contributed by atoms with Crippen molar-refractivity contribution in [3.05, 3.63) is 56.2 Å². The van der Waals surface area contributed by atoms with Gasteiger partial charge in [0.1, 0.15) is 0 Å². The number of rotatable bonds is 3. The smallest absolute Gasteiger partial charge is 0.268 e. The molecule has 0 saturated carbocycles. The third-order valence-corrected chi connectivity index (χ3v) is 3.39. The molecule has 0 saturated heterocycles. The first-order valence-electron chi connectivity index (χ1n) is 6.11. The molecule has 1 heterocycles. The lowest BCUT2D eigenvalue weighted by Gasteiger charge is -2.09. The summed E-state index contributed by atoms with van der Waals surface area (Å²) >= 11 is 15.8. The van der Waals surface area contributed by atoms with Crippen molar-refractivity contribution in [3.8, 4) is 5.69 Å². The summed E-state index contributed by atoms with van der Waals surface area (Å²) in [6, 6.07) is 6.84. The molecule has 4 N–H and O–H groups in total. The van der Waals surface area contributed by atoms with E-state index in [1.807, 2.05) is 0 Å². The molecular formula is C13H12ClN5OS2. The number of halogens is 1. The summed E-state index contributed by atoms with van der Waals surface area (Å²) in [5.74, 6) is 0. The lowest BCUT2D eigenvalue weighted by Crippen LogP contribution is -2.29. The van der Waals surface area contributed by atoms with E-state index in [2.05, 4.69) is 27.7 Å². The van der Waals surface area contributed by atoms with Crippen LogP contribution in [0.2, 0.25) is 5.02 Å². The van der Waals surface area contributed by atoms with Crippen LogP contribution in [0.1, 0.15) is 12.5 Å². The van der Waals surface area contributed by atoms with Crippen molar-refractivity contribution >= 4 is 46.9 Å². The molecular weight excluding hydrogens is 342 g/mol. The van der Waals surface area contributed by atoms with E-state index in [0.717, 1.165) is 0 Å². The number of nitrogens with one attached hydrogen (secondary N) is 2. The third kappa shape index (κ3) is 3.59. The molecule has 0 bridgehead atoms. The van der Waals surface area contributed by atoms with E-state index in [9.17, 15) is 4.79 Å². The van der Waals surface area contributed by atoms with Crippen LogP contribution in [0.4, 0.5) is 0 Å². The van der Waals surface area contributed by atoms with Crippen LogP contribution < -0.4 is 16.7 Å². The van der Waals surface area contributed by atoms with Gasteiger partial charge in [0.25, 0.3) is 5.56 Å². The van der Waals surface area contributed by atoms with Crippen molar-refractivity contribution in [1.82, 2.24) is 15.0 Å². The second-order valence-corrected chi connectivity index (χ2v) is 5.56. The minimum absolute atomic E-state index is 0.0124. The van der Waals surface area contributed by atoms with E-state index in [4.69, 9.17) is 29.6 Å². The van der Waals surface area contributed by atoms with Crippen LogP contribution in [0.3, 0.4) is 0 Å². The van der Waals surface area contributed by atoms with Gasteiger partial charge < -0.3 is 10.7 Å². The molecule has 0 unspecified atom stereocenters. The summed E-state index contributed by atoms with van der Waals surface area (Å²) in [5.41, 5.74) is 8.74. The number of thiocarbonyl (C=S) groups is 1. The lowest BCUT2D eigenvalue weighted by molar-refractivity contribution is 0.905. The number of aromatic amines is 1. The monoisotopic (exact) mass is 353 g/mol. The fourth-order valence-corrected chi connectivity index (χ4v) is 2.26. The molecule has 6 nitrogen and oxygen atoms in total. The normalized spacial score (nSPS) is 11.3. The first-order valence-corrected chi connectivity index (χ1v) is 7.30. The Kier molecular flexibility index (Phi) is 5.07. The van der Waals surface area contributed by atoms with Crippen molar-refractivity contribution in [2.24, 2.45) is 10.8 Å². The van der Waals surface area contributed by atoms with Crippen LogP contribution in [0, 0.1) is 4.77 Å². The van der Waals surface area contributed by atoms with Crippen molar-refractivity contribution in [2.45, 2.75) is 6.92 Å². The molecule has 0 aliphatic heterocycles. The summed E-state index contributed by atoms with van der Waals surface area (Å²) in [6.45, 7) is 1.65. The van der Waals surface area contributed by atoms with Gasteiger partial charge in [0.15, 0.2) is 9.88 Å². The molecule has 2 aromatic rings. The number of hydrazone groups is 1. The molecule has 22 heavy (non-hydrogen) atoms. The molecule has 0 spiro atoms. The Hall–Kier alpha value is -2.03. The van der Waals surface area contributed by atoms with Crippen LogP contribution in [-0.2, 0) is 0 Å². The highest BCUT2D eigenvalue weighted by atomic mass is 35.5. The van der Waals surface area contributed by atoms with Crippen LogP contribution in [0.25, 0.3) is 5.69 Å². The number of nitrogens with two attached hydrogens (primary N) is 1. The maximum absolute atomic E-state index is 12.6. The minimum atomic E-state index is -0.322. The SMILES string of the molecule is C/C(=N/NC(N)=S)c1c[nH]c(=S)n(-c2cccc(Cl)c2)c1=O. The van der Waals surface area contributed by atoms with Gasteiger partial charge in [0, 0.05) is 11.2 Å². The summed E-state index contributed by atoms with van der Waals surface area (Å²) in [5, 5.41) is 4.46. The average molecular weight is 354 g/mol. The Morgan fingerprint density at radius 3 is 2.86 bits per heavy atom. The van der Waals surface area contributed by atoms with Crippen molar-refractivity contribution < 1.29 is 0 Å². The average Bonchev–Trinajstić information content (AvgIpc) is 2.45. The predicted octanol–water partition coefficient (Wildman–Crippen LogP) is 2.11. The Balaban J connectivity index is 2.61. The van der Waals surface area contributed by atoms with E-state index in [-0.39, 0.29) is 15.4 Å². The maximum Gasteiger partial charge on any atom is 0.268 e. The van der Waals surface area contributed by atoms with Gasteiger partial charge in [-0.05, 0) is 49.6 Å². The third-order valence-electron chi connectivity index (χ3n) is 2.77. The largest absolute Gasteiger partial charge is 0.375 e. The topological polar surface area (TPSA) is 88.2 Å². The van der Waals surface area contributed by atoms with E-state index in [1.54, 1.807) is 31.2 Å². The predicted molar refractivity (Wildman–Crippen MR) is 94.4 cm³/mol. The zero-order valence-electron chi connectivity index (χ0n) is 11.5. The molecule has 0 aliphatic carbocycles. The van der Waals surface area contributed by atoms with Crippen molar-refractivity contribution in [2.75, 3.05) is 0 Å². The standard InChI is InChI=1S/C13H12ClN5OS2/c1-7(17-18-12(15)21)10-6-16-13(22)19(11(10)20)9-4-2-3-8(14)5-9/h2-6H,1H3,(H,16,22)(H3,15,18,21)/b17-7-. The lowest BCUT2D eigenvalue weighted by atomic mass is 10.2. The number of hydrogen-bond donors (Lipinski definition) is 3. The van der Waals surface area contributed by atoms with Gasteiger partial charge in [0.2, 0.25) is 0 Å². The summed E-state index contributed by atoms with van der Waals surface area (Å²) in [6.07, 6.45) is 1.49. The number of H-pyrrole nitrogens is 1. The fraction of sp³-hybridized carbons (Fsp3) is 0.0769.